The van der Waals surface area contributed by atoms with Crippen molar-refractivity contribution in [3.05, 3.63) is 81.7 Å². The molecule has 0 N–H and O–H groups in total. The summed E-state index contributed by atoms with van der Waals surface area (Å²) >= 11 is 0. The molecule has 0 aliphatic heterocycles. The molecule has 0 saturated carbocycles. The van der Waals surface area contributed by atoms with Crippen LogP contribution < -0.4 is 0 Å². The minimum atomic E-state index is -0.295. The number of carbonyl (C=O) groups is 1. The molecule has 0 aromatic carbocycles. The molecule has 2 nitrogen and oxygen atoms in total. The molecule has 0 unspecified atom stereocenters. The van der Waals surface area contributed by atoms with Crippen molar-refractivity contribution >= 4 is 5.97 Å². The van der Waals surface area contributed by atoms with E-state index in [9.17, 15) is 4.79 Å². The summed E-state index contributed by atoms with van der Waals surface area (Å²) in [6.45, 7) is 19.6. The third kappa shape index (κ3) is 2.72. The molecule has 0 heterocycles. The second-order valence-corrected chi connectivity index (χ2v) is 11.5. The fourth-order valence-electron chi connectivity index (χ4n) is 5.21. The van der Waals surface area contributed by atoms with Gasteiger partial charge in [0.2, 0.25) is 0 Å². The van der Waals surface area contributed by atoms with Gasteiger partial charge in [-0.25, -0.2) is 0 Å². The minimum absolute atomic E-state index is 0.00336. The van der Waals surface area contributed by atoms with Crippen LogP contribution in [0.4, 0.5) is 0 Å². The van der Waals surface area contributed by atoms with E-state index >= 15 is 0 Å². The van der Waals surface area contributed by atoms with Gasteiger partial charge in [-0.1, -0.05) is 91.8 Å². The third-order valence-corrected chi connectivity index (χ3v) is 7.48. The Balaban J connectivity index is 2.09. The molecule has 0 aromatic rings. The van der Waals surface area contributed by atoms with Crippen molar-refractivity contribution in [3.8, 4) is 0 Å². The lowest BCUT2D eigenvalue weighted by Crippen LogP contribution is -2.49. The van der Waals surface area contributed by atoms with E-state index in [2.05, 4.69) is 97.9 Å². The number of hydrogen-bond donors (Lipinski definition) is 0. The number of carbonyl (C=O) groups excluding carboxylic acids is 1. The summed E-state index contributed by atoms with van der Waals surface area (Å²) in [7, 11) is 0. The van der Waals surface area contributed by atoms with Crippen LogP contribution in [0.2, 0.25) is 0 Å². The highest BCUT2D eigenvalue weighted by Crippen LogP contribution is 2.67. The van der Waals surface area contributed by atoms with Crippen LogP contribution in [0.5, 0.6) is 0 Å². The molecule has 4 aliphatic rings. The van der Waals surface area contributed by atoms with Crippen molar-refractivity contribution in [3.63, 3.8) is 0 Å². The van der Waals surface area contributed by atoms with E-state index in [0.29, 0.717) is 5.76 Å². The highest BCUT2D eigenvalue weighted by molar-refractivity contribution is 5.73. The summed E-state index contributed by atoms with van der Waals surface area (Å²) in [4.78, 5) is 12.0. The summed E-state index contributed by atoms with van der Waals surface area (Å²) in [6.07, 6.45) is 16.0. The molecule has 0 radical (unpaired) electrons. The van der Waals surface area contributed by atoms with Crippen molar-refractivity contribution in [2.24, 2.45) is 21.7 Å². The molecule has 30 heavy (non-hydrogen) atoms. The lowest BCUT2D eigenvalue weighted by Gasteiger charge is -2.57. The summed E-state index contributed by atoms with van der Waals surface area (Å²) < 4.78 is 5.83. The Morgan fingerprint density at radius 3 is 1.73 bits per heavy atom. The molecule has 0 spiro atoms. The van der Waals surface area contributed by atoms with Gasteiger partial charge in [0.25, 0.3) is 0 Å². The molecule has 0 fully saturated rings. The first-order valence-electron chi connectivity index (χ1n) is 10.9. The van der Waals surface area contributed by atoms with Gasteiger partial charge in [-0.2, -0.15) is 0 Å². The van der Waals surface area contributed by atoms with Gasteiger partial charge in [-0.05, 0) is 44.8 Å². The van der Waals surface area contributed by atoms with E-state index in [0.717, 1.165) is 5.57 Å². The van der Waals surface area contributed by atoms with Gasteiger partial charge in [0.15, 0.2) is 0 Å². The Bertz CT molecular complexity index is 1070. The number of rotatable bonds is 1. The SMILES string of the molecule is CC(=O)OC1=C2C=C(C(C)(C)C)C=C3C=CC4=CC(C(C)(C)C)=CC(=C1)[C@]4(C)[C@]32C. The van der Waals surface area contributed by atoms with Crippen LogP contribution in [0.1, 0.15) is 62.3 Å². The summed E-state index contributed by atoms with van der Waals surface area (Å²) in [5.41, 5.74) is 7.03. The molecule has 0 aromatic heterocycles. The van der Waals surface area contributed by atoms with E-state index < -0.39 is 0 Å². The predicted molar refractivity (Wildman–Crippen MR) is 123 cm³/mol. The van der Waals surface area contributed by atoms with Crippen LogP contribution in [0.25, 0.3) is 0 Å². The molecule has 158 valence electrons. The number of allylic oxidation sites excluding steroid dienone is 13. The first-order valence-corrected chi connectivity index (χ1v) is 10.9. The third-order valence-electron chi connectivity index (χ3n) is 7.48. The van der Waals surface area contributed by atoms with Crippen molar-refractivity contribution in [2.45, 2.75) is 62.3 Å². The molecule has 4 aliphatic carbocycles. The van der Waals surface area contributed by atoms with Gasteiger partial charge < -0.3 is 4.74 Å². The first kappa shape index (κ1) is 20.9. The van der Waals surface area contributed by atoms with Gasteiger partial charge >= 0.3 is 5.97 Å². The van der Waals surface area contributed by atoms with Crippen molar-refractivity contribution in [1.82, 2.24) is 0 Å². The maximum absolute atomic E-state index is 12.0. The maximum Gasteiger partial charge on any atom is 0.308 e. The number of ether oxygens (including phenoxy) is 1. The van der Waals surface area contributed by atoms with Crippen molar-refractivity contribution < 1.29 is 9.53 Å². The Hall–Kier alpha value is -2.35. The van der Waals surface area contributed by atoms with E-state index in [-0.39, 0.29) is 27.6 Å². The van der Waals surface area contributed by atoms with Gasteiger partial charge in [-0.3, -0.25) is 4.79 Å². The zero-order chi connectivity index (χ0) is 22.3. The van der Waals surface area contributed by atoms with Crippen LogP contribution in [0.3, 0.4) is 0 Å². The van der Waals surface area contributed by atoms with Gasteiger partial charge in [0, 0.05) is 23.3 Å². The van der Waals surface area contributed by atoms with Crippen molar-refractivity contribution in [1.29, 1.82) is 0 Å². The van der Waals surface area contributed by atoms with Crippen LogP contribution in [0, 0.1) is 21.7 Å². The highest BCUT2D eigenvalue weighted by atomic mass is 16.5. The zero-order valence-corrected chi connectivity index (χ0v) is 19.9. The molecule has 2 heteroatoms. The lowest BCUT2D eigenvalue weighted by molar-refractivity contribution is -0.136. The summed E-state index contributed by atoms with van der Waals surface area (Å²) in [5, 5.41) is 0. The Morgan fingerprint density at radius 2 is 1.23 bits per heavy atom. The predicted octanol–water partition coefficient (Wildman–Crippen LogP) is 7.15. The van der Waals surface area contributed by atoms with Crippen LogP contribution in [-0.2, 0) is 9.53 Å². The average Bonchev–Trinajstić information content (AvgIpc) is 2.58. The Morgan fingerprint density at radius 1 is 0.733 bits per heavy atom. The quantitative estimate of drug-likeness (QED) is 0.435. The van der Waals surface area contributed by atoms with E-state index in [1.54, 1.807) is 0 Å². The van der Waals surface area contributed by atoms with Crippen LogP contribution >= 0.6 is 0 Å². The monoisotopic (exact) mass is 402 g/mol. The normalized spacial score (nSPS) is 30.0. The van der Waals surface area contributed by atoms with Crippen LogP contribution in [-0.4, -0.2) is 5.97 Å². The topological polar surface area (TPSA) is 26.3 Å². The van der Waals surface area contributed by atoms with E-state index in [4.69, 9.17) is 4.74 Å². The van der Waals surface area contributed by atoms with Crippen LogP contribution in [0.15, 0.2) is 81.7 Å². The second kappa shape index (κ2) is 6.09. The largest absolute Gasteiger partial charge is 0.426 e. The molecule has 4 rings (SSSR count). The molecule has 0 amide bonds. The van der Waals surface area contributed by atoms with Crippen molar-refractivity contribution in [2.75, 3.05) is 0 Å². The van der Waals surface area contributed by atoms with Gasteiger partial charge in [0.1, 0.15) is 5.76 Å². The molecule has 2 atom stereocenters. The fourth-order valence-corrected chi connectivity index (χ4v) is 5.21. The smallest absolute Gasteiger partial charge is 0.308 e. The van der Waals surface area contributed by atoms with Gasteiger partial charge in [-0.15, -0.1) is 0 Å². The zero-order valence-electron chi connectivity index (χ0n) is 19.9. The molecule has 0 bridgehead atoms. The average molecular weight is 403 g/mol. The number of hydrogen-bond acceptors (Lipinski definition) is 2. The highest BCUT2D eigenvalue weighted by Gasteiger charge is 2.58. The Labute approximate surface area is 181 Å². The first-order chi connectivity index (χ1) is 13.7. The van der Waals surface area contributed by atoms with Gasteiger partial charge in [0.05, 0.1) is 0 Å². The fraction of sp³-hybridized carbons (Fsp3) is 0.464. The number of esters is 1. The summed E-state index contributed by atoms with van der Waals surface area (Å²) in [6, 6.07) is 0. The maximum atomic E-state index is 12.0. The van der Waals surface area contributed by atoms with E-state index in [1.807, 2.05) is 0 Å². The standard InChI is InChI=1S/C28H34O2/c1-17(29)30-24-16-22-14-20(25(2,3)4)12-18-10-11-19-13-21(26(5,6)7)15-23(24)28(19,9)27(18,22)8/h10-16H,1-9H3/t27-,28-/m1/s1. The minimum Gasteiger partial charge on any atom is -0.426 e. The second-order valence-electron chi connectivity index (χ2n) is 11.5. The molecular weight excluding hydrogens is 368 g/mol. The summed E-state index contributed by atoms with van der Waals surface area (Å²) in [5.74, 6) is 0.409. The van der Waals surface area contributed by atoms with E-state index in [1.165, 1.54) is 34.8 Å². The lowest BCUT2D eigenvalue weighted by atomic mass is 9.45. The molecule has 0 saturated heterocycles. The Kier molecular flexibility index (Phi) is 4.24. The molecular formula is C28H34O2.